The fourth-order valence-corrected chi connectivity index (χ4v) is 9.98. The summed E-state index contributed by atoms with van der Waals surface area (Å²) < 4.78 is 5.14. The third-order valence-electron chi connectivity index (χ3n) is 13.5. The second-order valence-electron chi connectivity index (χ2n) is 21.5. The van der Waals surface area contributed by atoms with Crippen molar-refractivity contribution in [2.24, 2.45) is 0 Å². The van der Waals surface area contributed by atoms with Crippen LogP contribution in [0.5, 0.6) is 0 Å². The first-order chi connectivity index (χ1) is 27.8. The van der Waals surface area contributed by atoms with Crippen molar-refractivity contribution in [2.45, 2.75) is 110 Å². The molecule has 1 N–H and O–H groups in total. The minimum atomic E-state index is -0.598. The fourth-order valence-electron chi connectivity index (χ4n) is 9.98. The minimum absolute atomic E-state index is 0.0185. The van der Waals surface area contributed by atoms with Gasteiger partial charge in [0.2, 0.25) is 0 Å². The van der Waals surface area contributed by atoms with Gasteiger partial charge in [-0.05, 0) is 116 Å². The molecule has 0 spiro atoms. The van der Waals surface area contributed by atoms with Gasteiger partial charge in [0.25, 0.3) is 0 Å². The molecule has 10 rings (SSSR count). The molecule has 0 amide bonds. The Bertz CT molecular complexity index is 2920. The van der Waals surface area contributed by atoms with Crippen LogP contribution in [0.2, 0.25) is 0 Å². The molecule has 5 aromatic carbocycles. The summed E-state index contributed by atoms with van der Waals surface area (Å²) in [5.41, 5.74) is 17.1. The monoisotopic (exact) mass is 774 g/mol. The lowest BCUT2D eigenvalue weighted by atomic mass is 9.78. The lowest BCUT2D eigenvalue weighted by molar-refractivity contribution is 0.520. The van der Waals surface area contributed by atoms with Gasteiger partial charge in [-0.3, -0.25) is 4.98 Å². The van der Waals surface area contributed by atoms with E-state index in [0.717, 1.165) is 17.9 Å². The van der Waals surface area contributed by atoms with E-state index in [1.165, 1.54) is 88.3 Å². The maximum absolute atomic E-state index is 5.06. The van der Waals surface area contributed by atoms with Crippen LogP contribution in [0.3, 0.4) is 0 Å². The molecule has 0 radical (unpaired) electrons. The molecule has 0 bridgehead atoms. The topological polar surface area (TPSA) is 34.8 Å². The van der Waals surface area contributed by atoms with Gasteiger partial charge < -0.3 is 14.5 Å². The van der Waals surface area contributed by atoms with E-state index in [-0.39, 0.29) is 21.7 Å². The molecule has 1 unspecified atom stereocenters. The van der Waals surface area contributed by atoms with Crippen molar-refractivity contribution < 1.29 is 0 Å². The highest BCUT2D eigenvalue weighted by Crippen LogP contribution is 2.56. The van der Waals surface area contributed by atoms with E-state index < -0.39 is 5.54 Å². The Kier molecular flexibility index (Phi) is 7.80. The predicted molar refractivity (Wildman–Crippen MR) is 250 cm³/mol. The largest absolute Gasteiger partial charge is 0.379 e. The SMILES string of the molecule is CC(C)(C)c1ccc2c(c1)c1cc(C(C)(C)C)ccc1n2-c1ccc(C2(n3c4ccc(C(C)(C)C)cc4c4cc(C(C)(C)C)ccc43)C3=C(NC3)c3ncccc32)cc1. The van der Waals surface area contributed by atoms with Crippen molar-refractivity contribution in [3.63, 3.8) is 0 Å². The Labute approximate surface area is 350 Å². The van der Waals surface area contributed by atoms with E-state index in [4.69, 9.17) is 4.98 Å². The third kappa shape index (κ3) is 5.44. The molecule has 2 aliphatic rings. The number of aromatic nitrogens is 3. The molecule has 3 aromatic heterocycles. The second-order valence-corrected chi connectivity index (χ2v) is 21.5. The van der Waals surface area contributed by atoms with Gasteiger partial charge in [0.05, 0.1) is 33.5 Å². The number of rotatable bonds is 3. The van der Waals surface area contributed by atoms with Gasteiger partial charge in [-0.25, -0.2) is 0 Å². The Balaban J connectivity index is 1.25. The molecule has 298 valence electrons. The standard InChI is InChI=1S/C55H58N4/c1-51(2,3)34-17-23-45-39(28-34)40-29-35(52(4,5)6)18-24-46(40)58(45)38-21-15-33(16-22-38)55(43-14-13-27-56-49(43)50-44(55)32-57-50)59-47-25-19-36(53(7,8)9)30-41(47)42-31-37(54(10,11)12)20-26-48(42)59/h13-31,57H,32H2,1-12H3. The van der Waals surface area contributed by atoms with Crippen molar-refractivity contribution in [1.82, 2.24) is 19.4 Å². The van der Waals surface area contributed by atoms with E-state index in [9.17, 15) is 0 Å². The van der Waals surface area contributed by atoms with E-state index >= 15 is 0 Å². The average molecular weight is 775 g/mol. The van der Waals surface area contributed by atoms with Crippen molar-refractivity contribution in [3.8, 4) is 5.69 Å². The summed E-state index contributed by atoms with van der Waals surface area (Å²) >= 11 is 0. The van der Waals surface area contributed by atoms with Crippen LogP contribution in [0.15, 0.2) is 121 Å². The summed E-state index contributed by atoms with van der Waals surface area (Å²) in [5.74, 6) is 0. The Hall–Kier alpha value is -5.61. The number of fused-ring (bicyclic) bond motifs is 8. The molecular weight excluding hydrogens is 717 g/mol. The molecule has 8 aromatic rings. The van der Waals surface area contributed by atoms with Crippen LogP contribution < -0.4 is 5.32 Å². The molecule has 0 saturated carbocycles. The molecule has 1 aliphatic carbocycles. The lowest BCUT2D eigenvalue weighted by Gasteiger charge is -2.40. The molecule has 1 atom stereocenters. The number of hydrogen-bond acceptors (Lipinski definition) is 2. The number of benzene rings is 5. The quantitative estimate of drug-likeness (QED) is 0.194. The Morgan fingerprint density at radius 2 is 0.932 bits per heavy atom. The summed E-state index contributed by atoms with van der Waals surface area (Å²) in [4.78, 5) is 5.06. The predicted octanol–water partition coefficient (Wildman–Crippen LogP) is 13.6. The number of hydrogen-bond donors (Lipinski definition) is 1. The molecule has 0 fully saturated rings. The Morgan fingerprint density at radius 3 is 1.34 bits per heavy atom. The molecular formula is C55H58N4. The highest BCUT2D eigenvalue weighted by atomic mass is 15.1. The van der Waals surface area contributed by atoms with Gasteiger partial charge in [0.1, 0.15) is 5.54 Å². The summed E-state index contributed by atoms with van der Waals surface area (Å²) in [6, 6.07) is 42.5. The maximum Gasteiger partial charge on any atom is 0.123 e. The van der Waals surface area contributed by atoms with Gasteiger partial charge in [0, 0.05) is 51.1 Å². The fraction of sp³-hybridized carbons (Fsp3) is 0.327. The zero-order chi connectivity index (χ0) is 41.6. The van der Waals surface area contributed by atoms with E-state index in [0.29, 0.717) is 0 Å². The maximum atomic E-state index is 5.06. The summed E-state index contributed by atoms with van der Waals surface area (Å²) in [5, 5.41) is 8.92. The first-order valence-electron chi connectivity index (χ1n) is 21.5. The number of pyridine rings is 1. The van der Waals surface area contributed by atoms with E-state index in [1.807, 2.05) is 6.20 Å². The van der Waals surface area contributed by atoms with Crippen molar-refractivity contribution in [2.75, 3.05) is 6.54 Å². The minimum Gasteiger partial charge on any atom is -0.379 e. The van der Waals surface area contributed by atoms with Gasteiger partial charge in [0.15, 0.2) is 0 Å². The van der Waals surface area contributed by atoms with Crippen LogP contribution in [-0.4, -0.2) is 20.7 Å². The van der Waals surface area contributed by atoms with Crippen LogP contribution >= 0.6 is 0 Å². The first-order valence-corrected chi connectivity index (χ1v) is 21.5. The lowest BCUT2D eigenvalue weighted by Crippen LogP contribution is -2.43. The van der Waals surface area contributed by atoms with Crippen molar-refractivity contribution >= 4 is 49.3 Å². The Morgan fingerprint density at radius 1 is 0.508 bits per heavy atom. The van der Waals surface area contributed by atoms with Crippen molar-refractivity contribution in [1.29, 1.82) is 0 Å². The van der Waals surface area contributed by atoms with Crippen LogP contribution in [0.25, 0.3) is 55.0 Å². The molecule has 1 aliphatic heterocycles. The summed E-state index contributed by atoms with van der Waals surface area (Å²) in [7, 11) is 0. The third-order valence-corrected chi connectivity index (χ3v) is 13.5. The summed E-state index contributed by atoms with van der Waals surface area (Å²) in [6.07, 6.45) is 1.94. The smallest absolute Gasteiger partial charge is 0.123 e. The molecule has 4 heteroatoms. The second kappa shape index (κ2) is 12.2. The highest BCUT2D eigenvalue weighted by Gasteiger charge is 2.53. The van der Waals surface area contributed by atoms with Gasteiger partial charge >= 0.3 is 0 Å². The van der Waals surface area contributed by atoms with E-state index in [2.05, 4.69) is 207 Å². The number of nitrogens with one attached hydrogen (secondary N) is 1. The molecule has 4 heterocycles. The van der Waals surface area contributed by atoms with Crippen LogP contribution in [0, 0.1) is 0 Å². The van der Waals surface area contributed by atoms with Crippen molar-refractivity contribution in [3.05, 3.63) is 160 Å². The van der Waals surface area contributed by atoms with E-state index in [1.54, 1.807) is 0 Å². The van der Waals surface area contributed by atoms with Crippen LogP contribution in [0.4, 0.5) is 0 Å². The highest BCUT2D eigenvalue weighted by molar-refractivity contribution is 6.11. The van der Waals surface area contributed by atoms with Gasteiger partial charge in [-0.15, -0.1) is 0 Å². The average Bonchev–Trinajstić information content (AvgIpc) is 3.73. The molecule has 0 saturated heterocycles. The van der Waals surface area contributed by atoms with Crippen LogP contribution in [-0.2, 0) is 27.2 Å². The zero-order valence-electron chi connectivity index (χ0n) is 37.0. The van der Waals surface area contributed by atoms with Gasteiger partial charge in [-0.2, -0.15) is 0 Å². The zero-order valence-corrected chi connectivity index (χ0v) is 37.0. The normalized spacial score (nSPS) is 17.2. The number of nitrogens with zero attached hydrogens (tertiary/aromatic N) is 3. The molecule has 4 nitrogen and oxygen atoms in total. The van der Waals surface area contributed by atoms with Gasteiger partial charge in [-0.1, -0.05) is 126 Å². The summed E-state index contributed by atoms with van der Waals surface area (Å²) in [6.45, 7) is 28.5. The van der Waals surface area contributed by atoms with Crippen LogP contribution in [0.1, 0.15) is 122 Å². The molecule has 59 heavy (non-hydrogen) atoms. The first kappa shape index (κ1) is 37.6.